The Balaban J connectivity index is 2.00. The highest BCUT2D eigenvalue weighted by Gasteiger charge is 2.19. The summed E-state index contributed by atoms with van der Waals surface area (Å²) in [4.78, 5) is 48.2. The number of amides is 1. The van der Waals surface area contributed by atoms with E-state index >= 15 is 0 Å². The van der Waals surface area contributed by atoms with E-state index in [0.717, 1.165) is 18.2 Å². The minimum atomic E-state index is -0.908. The molecule has 0 spiro atoms. The highest BCUT2D eigenvalue weighted by atomic mass is 19.1. The summed E-state index contributed by atoms with van der Waals surface area (Å²) in [7, 11) is 0. The van der Waals surface area contributed by atoms with Gasteiger partial charge in [0.2, 0.25) is 0 Å². The number of esters is 1. The molecule has 1 aromatic heterocycles. The highest BCUT2D eigenvalue weighted by Crippen LogP contribution is 2.24. The zero-order chi connectivity index (χ0) is 23.1. The van der Waals surface area contributed by atoms with Crippen molar-refractivity contribution in [3.63, 3.8) is 0 Å². The van der Waals surface area contributed by atoms with Gasteiger partial charge in [0.25, 0.3) is 5.91 Å². The van der Waals surface area contributed by atoms with Gasteiger partial charge in [-0.15, -0.1) is 4.91 Å². The van der Waals surface area contributed by atoms with E-state index in [1.807, 2.05) is 0 Å². The van der Waals surface area contributed by atoms with Crippen molar-refractivity contribution < 1.29 is 23.1 Å². The van der Waals surface area contributed by atoms with Gasteiger partial charge in [-0.3, -0.25) is 4.79 Å². The molecule has 1 N–H and O–H groups in total. The van der Waals surface area contributed by atoms with E-state index in [0.29, 0.717) is 5.56 Å². The summed E-state index contributed by atoms with van der Waals surface area (Å²) in [6.07, 6.45) is 2.58. The first-order chi connectivity index (χ1) is 15.4. The number of nitroso groups, excluding NO2 is 1. The largest absolute Gasteiger partial charge is 0.462 e. The van der Waals surface area contributed by atoms with Crippen LogP contribution in [0.5, 0.6) is 0 Å². The lowest BCUT2D eigenvalue weighted by atomic mass is 10.1. The monoisotopic (exact) mass is 436 g/mol. The SMILES string of the molecule is CCOC(=O)c1cc(NC(=O)c2ccccc2)c(=O)oc1/C=C/c1ccc(F)cc1N=O. The molecule has 8 nitrogen and oxygen atoms in total. The van der Waals surface area contributed by atoms with Gasteiger partial charge in [0, 0.05) is 17.2 Å². The average molecular weight is 436 g/mol. The van der Waals surface area contributed by atoms with Crippen molar-refractivity contribution in [2.24, 2.45) is 5.18 Å². The van der Waals surface area contributed by atoms with Crippen molar-refractivity contribution in [2.75, 3.05) is 11.9 Å². The topological polar surface area (TPSA) is 115 Å². The molecule has 1 heterocycles. The smallest absolute Gasteiger partial charge is 0.360 e. The van der Waals surface area contributed by atoms with E-state index in [4.69, 9.17) is 9.15 Å². The van der Waals surface area contributed by atoms with E-state index < -0.39 is 23.3 Å². The highest BCUT2D eigenvalue weighted by molar-refractivity contribution is 6.05. The van der Waals surface area contributed by atoms with Crippen LogP contribution in [-0.4, -0.2) is 18.5 Å². The van der Waals surface area contributed by atoms with Crippen molar-refractivity contribution >= 4 is 35.4 Å². The molecule has 0 aliphatic rings. The molecule has 0 radical (unpaired) electrons. The van der Waals surface area contributed by atoms with Crippen LogP contribution in [0.3, 0.4) is 0 Å². The molecule has 3 aromatic rings. The van der Waals surface area contributed by atoms with E-state index in [1.165, 1.54) is 18.2 Å². The van der Waals surface area contributed by atoms with Crippen LogP contribution in [0.25, 0.3) is 12.2 Å². The lowest BCUT2D eigenvalue weighted by Crippen LogP contribution is -2.20. The van der Waals surface area contributed by atoms with Crippen molar-refractivity contribution in [2.45, 2.75) is 6.92 Å². The van der Waals surface area contributed by atoms with Crippen molar-refractivity contribution in [1.29, 1.82) is 0 Å². The lowest BCUT2D eigenvalue weighted by Gasteiger charge is -2.09. The van der Waals surface area contributed by atoms with Gasteiger partial charge in [-0.05, 0) is 54.6 Å². The summed E-state index contributed by atoms with van der Waals surface area (Å²) < 4.78 is 23.5. The average Bonchev–Trinajstić information content (AvgIpc) is 2.80. The Hall–Kier alpha value is -4.40. The Morgan fingerprint density at radius 3 is 2.56 bits per heavy atom. The molecule has 3 rings (SSSR count). The van der Waals surface area contributed by atoms with E-state index in [-0.39, 0.29) is 34.9 Å². The van der Waals surface area contributed by atoms with E-state index in [9.17, 15) is 23.7 Å². The molecule has 0 aliphatic carbocycles. The summed E-state index contributed by atoms with van der Waals surface area (Å²) in [6, 6.07) is 12.7. The summed E-state index contributed by atoms with van der Waals surface area (Å²) in [5, 5.41) is 5.17. The van der Waals surface area contributed by atoms with Crippen LogP contribution in [0, 0.1) is 10.7 Å². The molecule has 0 saturated heterocycles. The number of carbonyl (C=O) groups is 2. The minimum Gasteiger partial charge on any atom is -0.462 e. The van der Waals surface area contributed by atoms with Crippen LogP contribution in [0.2, 0.25) is 0 Å². The fourth-order valence-electron chi connectivity index (χ4n) is 2.75. The normalized spacial score (nSPS) is 10.7. The number of hydrogen-bond acceptors (Lipinski definition) is 7. The van der Waals surface area contributed by atoms with Gasteiger partial charge in [-0.1, -0.05) is 18.2 Å². The fraction of sp³-hybridized carbons (Fsp3) is 0.0870. The number of nitrogens with one attached hydrogen (secondary N) is 1. The molecule has 2 aromatic carbocycles. The van der Waals surface area contributed by atoms with Crippen LogP contribution in [0.4, 0.5) is 15.8 Å². The second-order valence-electron chi connectivity index (χ2n) is 6.39. The van der Waals surface area contributed by atoms with E-state index in [1.54, 1.807) is 37.3 Å². The van der Waals surface area contributed by atoms with Gasteiger partial charge in [-0.2, -0.15) is 0 Å². The van der Waals surface area contributed by atoms with Gasteiger partial charge in [0.1, 0.15) is 28.5 Å². The first kappa shape index (κ1) is 22.3. The molecule has 1 amide bonds. The first-order valence-electron chi connectivity index (χ1n) is 9.45. The Labute approximate surface area is 181 Å². The number of ether oxygens (including phenoxy) is 1. The number of carbonyl (C=O) groups excluding carboxylic acids is 2. The maximum atomic E-state index is 13.3. The van der Waals surface area contributed by atoms with Crippen LogP contribution in [0.1, 0.15) is 39.0 Å². The zero-order valence-electron chi connectivity index (χ0n) is 16.8. The molecule has 162 valence electrons. The molecular weight excluding hydrogens is 419 g/mol. The van der Waals surface area contributed by atoms with Crippen LogP contribution >= 0.6 is 0 Å². The summed E-state index contributed by atoms with van der Waals surface area (Å²) >= 11 is 0. The van der Waals surface area contributed by atoms with Gasteiger partial charge < -0.3 is 14.5 Å². The predicted molar refractivity (Wildman–Crippen MR) is 116 cm³/mol. The third kappa shape index (κ3) is 5.20. The third-order valence-corrected chi connectivity index (χ3v) is 4.26. The number of rotatable bonds is 7. The standard InChI is InChI=1S/C23H17FN2O6/c1-2-31-22(28)17-13-19(25-21(27)15-6-4-3-5-7-15)23(29)32-20(17)11-9-14-8-10-16(24)12-18(14)26-30/h3-13H,2H2,1H3,(H,25,27)/b11-9+. The van der Waals surface area contributed by atoms with Crippen molar-refractivity contribution in [3.8, 4) is 0 Å². The first-order valence-corrected chi connectivity index (χ1v) is 9.45. The number of halogens is 1. The molecule has 0 fully saturated rings. The van der Waals surface area contributed by atoms with Gasteiger partial charge in [0.15, 0.2) is 0 Å². The Morgan fingerprint density at radius 1 is 1.12 bits per heavy atom. The zero-order valence-corrected chi connectivity index (χ0v) is 16.8. The summed E-state index contributed by atoms with van der Waals surface area (Å²) in [5.41, 5.74) is -0.924. The maximum Gasteiger partial charge on any atom is 0.360 e. The molecule has 0 atom stereocenters. The Bertz CT molecular complexity index is 1250. The molecule has 32 heavy (non-hydrogen) atoms. The number of benzene rings is 2. The fourth-order valence-corrected chi connectivity index (χ4v) is 2.75. The van der Waals surface area contributed by atoms with Crippen LogP contribution in [-0.2, 0) is 4.74 Å². The Kier molecular flexibility index (Phi) is 7.02. The van der Waals surface area contributed by atoms with Crippen LogP contribution in [0.15, 0.2) is 69.0 Å². The molecule has 9 heteroatoms. The Morgan fingerprint density at radius 2 is 1.88 bits per heavy atom. The minimum absolute atomic E-state index is 0.0595. The number of anilines is 1. The third-order valence-electron chi connectivity index (χ3n) is 4.26. The molecular formula is C23H17FN2O6. The van der Waals surface area contributed by atoms with E-state index in [2.05, 4.69) is 10.5 Å². The molecule has 0 bridgehead atoms. The van der Waals surface area contributed by atoms with Gasteiger partial charge in [-0.25, -0.2) is 14.0 Å². The van der Waals surface area contributed by atoms with Crippen molar-refractivity contribution in [1.82, 2.24) is 0 Å². The van der Waals surface area contributed by atoms with Gasteiger partial charge >= 0.3 is 11.6 Å². The number of nitrogens with zero attached hydrogens (tertiary/aromatic N) is 1. The van der Waals surface area contributed by atoms with Crippen molar-refractivity contribution in [3.05, 3.63) is 98.2 Å². The summed E-state index contributed by atoms with van der Waals surface area (Å²) in [6.45, 7) is 1.66. The van der Waals surface area contributed by atoms with Gasteiger partial charge in [0.05, 0.1) is 6.61 Å². The molecule has 0 unspecified atom stereocenters. The second kappa shape index (κ2) is 10.1. The second-order valence-corrected chi connectivity index (χ2v) is 6.39. The lowest BCUT2D eigenvalue weighted by molar-refractivity contribution is 0.0522. The number of hydrogen-bond donors (Lipinski definition) is 1. The quantitative estimate of drug-likeness (QED) is 0.421. The molecule has 0 saturated carbocycles. The summed E-state index contributed by atoms with van der Waals surface area (Å²) in [5.74, 6) is -2.18. The maximum absolute atomic E-state index is 13.3. The molecule has 0 aliphatic heterocycles. The predicted octanol–water partition coefficient (Wildman–Crippen LogP) is 4.78. The van der Waals surface area contributed by atoms with Crippen LogP contribution < -0.4 is 10.9 Å².